The second-order valence-electron chi connectivity index (χ2n) is 5.18. The highest BCUT2D eigenvalue weighted by Crippen LogP contribution is 2.42. The smallest absolute Gasteiger partial charge is 0.154 e. The van der Waals surface area contributed by atoms with Crippen LogP contribution in [0.1, 0.15) is 58.3 Å². The van der Waals surface area contributed by atoms with E-state index in [1.165, 1.54) is 38.5 Å². The van der Waals surface area contributed by atoms with Gasteiger partial charge in [-0.15, -0.1) is 0 Å². The Labute approximate surface area is 93.0 Å². The summed E-state index contributed by atoms with van der Waals surface area (Å²) < 4.78 is 5.77. The van der Waals surface area contributed by atoms with Gasteiger partial charge in [-0.25, -0.2) is 0 Å². The van der Waals surface area contributed by atoms with Gasteiger partial charge in [0.1, 0.15) is 0 Å². The van der Waals surface area contributed by atoms with Crippen molar-refractivity contribution in [3.05, 3.63) is 0 Å². The zero-order valence-corrected chi connectivity index (χ0v) is 9.82. The van der Waals surface area contributed by atoms with Crippen molar-refractivity contribution in [2.45, 2.75) is 70.7 Å². The predicted octanol–water partition coefficient (Wildman–Crippen LogP) is 3.09. The van der Waals surface area contributed by atoms with Crippen LogP contribution in [0.5, 0.6) is 0 Å². The van der Waals surface area contributed by atoms with Crippen molar-refractivity contribution in [3.8, 4) is 0 Å². The van der Waals surface area contributed by atoms with Crippen LogP contribution in [0.15, 0.2) is 0 Å². The van der Waals surface area contributed by atoms with Crippen molar-refractivity contribution in [1.29, 1.82) is 0 Å². The van der Waals surface area contributed by atoms with Gasteiger partial charge in [-0.2, -0.15) is 0 Å². The molecule has 3 unspecified atom stereocenters. The summed E-state index contributed by atoms with van der Waals surface area (Å²) in [5, 5.41) is 9.58. The van der Waals surface area contributed by atoms with Crippen molar-refractivity contribution < 1.29 is 9.84 Å². The van der Waals surface area contributed by atoms with Crippen molar-refractivity contribution >= 4 is 0 Å². The van der Waals surface area contributed by atoms with Gasteiger partial charge in [-0.1, -0.05) is 32.6 Å². The maximum Gasteiger partial charge on any atom is 0.154 e. The summed E-state index contributed by atoms with van der Waals surface area (Å²) in [6.45, 7) is 1.98. The van der Waals surface area contributed by atoms with E-state index in [0.29, 0.717) is 12.5 Å². The van der Waals surface area contributed by atoms with Crippen molar-refractivity contribution in [3.63, 3.8) is 0 Å². The quantitative estimate of drug-likeness (QED) is 0.728. The average Bonchev–Trinajstić information content (AvgIpc) is 2.29. The van der Waals surface area contributed by atoms with E-state index in [9.17, 15) is 5.11 Å². The molecule has 0 aromatic rings. The van der Waals surface area contributed by atoms with Gasteiger partial charge < -0.3 is 9.84 Å². The first kappa shape index (κ1) is 11.4. The number of aliphatic hydroxyl groups excluding tert-OH is 1. The fourth-order valence-corrected chi connectivity index (χ4v) is 3.35. The minimum Gasteiger partial charge on any atom is -0.368 e. The fraction of sp³-hybridized carbons (Fsp3) is 1.00. The minimum absolute atomic E-state index is 0.346. The zero-order chi connectivity index (χ0) is 10.7. The molecule has 0 aromatic carbocycles. The van der Waals surface area contributed by atoms with Crippen LogP contribution in [0.25, 0.3) is 0 Å². The number of ether oxygens (including phenoxy) is 1. The highest BCUT2D eigenvalue weighted by molar-refractivity contribution is 4.86. The number of hydrogen-bond donors (Lipinski definition) is 1. The second-order valence-corrected chi connectivity index (χ2v) is 5.18. The molecule has 0 amide bonds. The lowest BCUT2D eigenvalue weighted by Crippen LogP contribution is -2.38. The van der Waals surface area contributed by atoms with E-state index < -0.39 is 6.29 Å². The van der Waals surface area contributed by atoms with Gasteiger partial charge in [-0.05, 0) is 37.5 Å². The third-order valence-corrected chi connectivity index (χ3v) is 4.19. The number of rotatable bonds is 3. The fourth-order valence-electron chi connectivity index (χ4n) is 3.35. The third kappa shape index (κ3) is 2.73. The summed E-state index contributed by atoms with van der Waals surface area (Å²) in [4.78, 5) is 0. The molecule has 2 heteroatoms. The van der Waals surface area contributed by atoms with Gasteiger partial charge in [0, 0.05) is 0 Å². The molecule has 2 saturated carbocycles. The van der Waals surface area contributed by atoms with E-state index in [1.54, 1.807) is 0 Å². The van der Waals surface area contributed by atoms with Gasteiger partial charge in [-0.3, -0.25) is 0 Å². The first-order valence-electron chi connectivity index (χ1n) is 6.64. The van der Waals surface area contributed by atoms with Crippen molar-refractivity contribution in [1.82, 2.24) is 0 Å². The first-order chi connectivity index (χ1) is 7.31. The second kappa shape index (κ2) is 5.31. The third-order valence-electron chi connectivity index (χ3n) is 4.19. The Balaban J connectivity index is 1.91. The average molecular weight is 212 g/mol. The SMILES string of the molecule is CCC(O)OC1CCCC2CCCC[C@@H]21. The van der Waals surface area contributed by atoms with Crippen LogP contribution in [0.4, 0.5) is 0 Å². The van der Waals surface area contributed by atoms with E-state index in [-0.39, 0.29) is 0 Å². The van der Waals surface area contributed by atoms with Crippen LogP contribution < -0.4 is 0 Å². The highest BCUT2D eigenvalue weighted by Gasteiger charge is 2.36. The van der Waals surface area contributed by atoms with E-state index in [2.05, 4.69) is 0 Å². The Morgan fingerprint density at radius 3 is 2.67 bits per heavy atom. The molecule has 2 rings (SSSR count). The van der Waals surface area contributed by atoms with Crippen LogP contribution in [0, 0.1) is 11.8 Å². The molecule has 2 aliphatic carbocycles. The number of fused-ring (bicyclic) bond motifs is 1. The predicted molar refractivity (Wildman–Crippen MR) is 60.5 cm³/mol. The lowest BCUT2D eigenvalue weighted by molar-refractivity contribution is -0.171. The molecule has 15 heavy (non-hydrogen) atoms. The topological polar surface area (TPSA) is 29.5 Å². The summed E-state index contributed by atoms with van der Waals surface area (Å²) in [5.41, 5.74) is 0. The normalized spacial score (nSPS) is 38.4. The summed E-state index contributed by atoms with van der Waals surface area (Å²) in [6, 6.07) is 0. The maximum atomic E-state index is 9.58. The standard InChI is InChI=1S/C13H24O2/c1-2-13(14)15-12-9-5-7-10-6-3-4-8-11(10)12/h10-14H,2-9H2,1H3/t10?,11-,12?,13?/m0/s1. The highest BCUT2D eigenvalue weighted by atomic mass is 16.6. The van der Waals surface area contributed by atoms with Gasteiger partial charge in [0.2, 0.25) is 0 Å². The Kier molecular flexibility index (Phi) is 4.04. The van der Waals surface area contributed by atoms with Gasteiger partial charge in [0.05, 0.1) is 6.10 Å². The Morgan fingerprint density at radius 1 is 1.13 bits per heavy atom. The van der Waals surface area contributed by atoms with Gasteiger partial charge in [0.15, 0.2) is 6.29 Å². The molecule has 0 spiro atoms. The lowest BCUT2D eigenvalue weighted by Gasteiger charge is -2.41. The molecule has 4 atom stereocenters. The molecular formula is C13H24O2. The Hall–Kier alpha value is -0.0800. The van der Waals surface area contributed by atoms with Gasteiger partial charge >= 0.3 is 0 Å². The Bertz CT molecular complexity index is 191. The first-order valence-corrected chi connectivity index (χ1v) is 6.64. The lowest BCUT2D eigenvalue weighted by atomic mass is 9.69. The maximum absolute atomic E-state index is 9.58. The van der Waals surface area contributed by atoms with Gasteiger partial charge in [0.25, 0.3) is 0 Å². The zero-order valence-electron chi connectivity index (χ0n) is 9.82. The van der Waals surface area contributed by atoms with E-state index in [0.717, 1.165) is 18.3 Å². The summed E-state index contributed by atoms with van der Waals surface area (Å²) in [6.07, 6.45) is 9.88. The minimum atomic E-state index is -0.532. The molecule has 0 radical (unpaired) electrons. The largest absolute Gasteiger partial charge is 0.368 e. The number of aliphatic hydroxyl groups is 1. The van der Waals surface area contributed by atoms with Crippen LogP contribution in [-0.2, 0) is 4.74 Å². The molecule has 2 nitrogen and oxygen atoms in total. The van der Waals surface area contributed by atoms with Crippen LogP contribution >= 0.6 is 0 Å². The summed E-state index contributed by atoms with van der Waals surface area (Å²) >= 11 is 0. The molecule has 2 aliphatic rings. The van der Waals surface area contributed by atoms with Crippen LogP contribution in [0.3, 0.4) is 0 Å². The van der Waals surface area contributed by atoms with E-state index >= 15 is 0 Å². The van der Waals surface area contributed by atoms with Crippen molar-refractivity contribution in [2.75, 3.05) is 0 Å². The monoisotopic (exact) mass is 212 g/mol. The van der Waals surface area contributed by atoms with Crippen molar-refractivity contribution in [2.24, 2.45) is 11.8 Å². The van der Waals surface area contributed by atoms with E-state index in [1.807, 2.05) is 6.92 Å². The molecule has 0 heterocycles. The molecule has 0 saturated heterocycles. The molecule has 88 valence electrons. The van der Waals surface area contributed by atoms with Crippen LogP contribution in [0.2, 0.25) is 0 Å². The molecule has 2 fully saturated rings. The summed E-state index contributed by atoms with van der Waals surface area (Å²) in [7, 11) is 0. The molecular weight excluding hydrogens is 188 g/mol. The molecule has 0 bridgehead atoms. The van der Waals surface area contributed by atoms with Crippen LogP contribution in [-0.4, -0.2) is 17.5 Å². The summed E-state index contributed by atoms with van der Waals surface area (Å²) in [5.74, 6) is 1.63. The Morgan fingerprint density at radius 2 is 1.87 bits per heavy atom. The number of hydrogen-bond acceptors (Lipinski definition) is 2. The van der Waals surface area contributed by atoms with E-state index in [4.69, 9.17) is 4.74 Å². The molecule has 0 aliphatic heterocycles. The molecule has 1 N–H and O–H groups in total. The molecule has 0 aromatic heterocycles.